The fraction of sp³-hybridized carbons (Fsp3) is 0.450. The maximum Gasteiger partial charge on any atom is 0.303 e. The van der Waals surface area contributed by atoms with Gasteiger partial charge in [0.15, 0.2) is 18.0 Å². The zero-order valence-corrected chi connectivity index (χ0v) is 18.2. The number of esters is 3. The first kappa shape index (κ1) is 23.6. The van der Waals surface area contributed by atoms with Gasteiger partial charge in [0.1, 0.15) is 30.6 Å². The Kier molecular flexibility index (Phi) is 6.59. The van der Waals surface area contributed by atoms with E-state index in [0.29, 0.717) is 5.52 Å². The SMILES string of the molecule is CC(=O)Nc1ncnn2c(C3(C#N)OC(COC(C)=O)C(OC(C)=O)C3OC(C)=O)ccc12. The van der Waals surface area contributed by atoms with Gasteiger partial charge in [0.05, 0.1) is 5.69 Å². The minimum Gasteiger partial charge on any atom is -0.463 e. The molecule has 33 heavy (non-hydrogen) atoms. The Labute approximate surface area is 187 Å². The molecule has 0 bridgehead atoms. The molecule has 1 fully saturated rings. The number of anilines is 1. The highest BCUT2D eigenvalue weighted by Gasteiger charge is 2.62. The molecule has 0 aliphatic carbocycles. The summed E-state index contributed by atoms with van der Waals surface area (Å²) in [7, 11) is 0. The molecule has 1 saturated heterocycles. The Morgan fingerprint density at radius 1 is 1.15 bits per heavy atom. The summed E-state index contributed by atoms with van der Waals surface area (Å²) in [5, 5.41) is 16.9. The molecule has 1 amide bonds. The largest absolute Gasteiger partial charge is 0.463 e. The van der Waals surface area contributed by atoms with Crippen LogP contribution in [0.1, 0.15) is 33.4 Å². The van der Waals surface area contributed by atoms with Crippen LogP contribution in [0.3, 0.4) is 0 Å². The molecule has 0 spiro atoms. The molecule has 13 heteroatoms. The van der Waals surface area contributed by atoms with E-state index in [2.05, 4.69) is 15.4 Å². The number of nitrogens with one attached hydrogen (secondary N) is 1. The second kappa shape index (κ2) is 9.21. The predicted octanol–water partition coefficient (Wildman–Crippen LogP) is 0.232. The van der Waals surface area contributed by atoms with Gasteiger partial charge in [-0.25, -0.2) is 9.50 Å². The topological polar surface area (TPSA) is 171 Å². The zero-order chi connectivity index (χ0) is 24.3. The van der Waals surface area contributed by atoms with Crippen LogP contribution in [0.4, 0.5) is 5.82 Å². The maximum absolute atomic E-state index is 11.9. The summed E-state index contributed by atoms with van der Waals surface area (Å²) < 4.78 is 23.0. The van der Waals surface area contributed by atoms with Crippen molar-refractivity contribution >= 4 is 35.1 Å². The number of ether oxygens (including phenoxy) is 4. The van der Waals surface area contributed by atoms with Crippen LogP contribution >= 0.6 is 0 Å². The third kappa shape index (κ3) is 4.60. The van der Waals surface area contributed by atoms with Gasteiger partial charge in [0.25, 0.3) is 0 Å². The van der Waals surface area contributed by atoms with Crippen molar-refractivity contribution in [3.63, 3.8) is 0 Å². The van der Waals surface area contributed by atoms with E-state index in [9.17, 15) is 24.4 Å². The second-order valence-electron chi connectivity index (χ2n) is 7.22. The van der Waals surface area contributed by atoms with E-state index < -0.39 is 41.8 Å². The first-order valence-corrected chi connectivity index (χ1v) is 9.76. The van der Waals surface area contributed by atoms with E-state index in [4.69, 9.17) is 18.9 Å². The summed E-state index contributed by atoms with van der Waals surface area (Å²) in [5.41, 5.74) is -1.57. The first-order valence-electron chi connectivity index (χ1n) is 9.76. The van der Waals surface area contributed by atoms with Crippen molar-refractivity contribution in [1.82, 2.24) is 14.6 Å². The third-order valence-electron chi connectivity index (χ3n) is 4.74. The van der Waals surface area contributed by atoms with Crippen LogP contribution in [0.2, 0.25) is 0 Å². The smallest absolute Gasteiger partial charge is 0.303 e. The number of rotatable bonds is 6. The molecular weight excluding hydrogens is 438 g/mol. The van der Waals surface area contributed by atoms with Crippen molar-refractivity contribution in [2.45, 2.75) is 51.6 Å². The Bertz CT molecular complexity index is 1160. The molecule has 3 rings (SSSR count). The molecule has 2 aromatic rings. The molecule has 0 radical (unpaired) electrons. The Morgan fingerprint density at radius 2 is 1.85 bits per heavy atom. The fourth-order valence-corrected chi connectivity index (χ4v) is 3.62. The fourth-order valence-electron chi connectivity index (χ4n) is 3.62. The summed E-state index contributed by atoms with van der Waals surface area (Å²) in [4.78, 5) is 50.6. The standard InChI is InChI=1S/C20H21N5O8/c1-10(26)24-19-14-5-6-16(25(14)23-9-22-19)20(8-21)18(32-13(4)29)17(31-12(3)28)15(33-20)7-30-11(2)27/h5-6,9,15,17-18H,7H2,1-4H3,(H,22,23,24,26). The van der Waals surface area contributed by atoms with Crippen LogP contribution in [0.5, 0.6) is 0 Å². The van der Waals surface area contributed by atoms with E-state index in [1.54, 1.807) is 0 Å². The van der Waals surface area contributed by atoms with E-state index in [0.717, 1.165) is 20.2 Å². The average Bonchev–Trinajstić information content (AvgIpc) is 3.27. The highest BCUT2D eigenvalue weighted by molar-refractivity contribution is 5.91. The number of aromatic nitrogens is 3. The number of hydrogen-bond acceptors (Lipinski definition) is 11. The lowest BCUT2D eigenvalue weighted by molar-refractivity contribution is -0.167. The summed E-state index contributed by atoms with van der Waals surface area (Å²) in [5.74, 6) is -2.31. The van der Waals surface area contributed by atoms with Gasteiger partial charge < -0.3 is 24.3 Å². The van der Waals surface area contributed by atoms with Gasteiger partial charge in [-0.05, 0) is 12.1 Å². The Morgan fingerprint density at radius 3 is 2.42 bits per heavy atom. The number of fused-ring (bicyclic) bond motifs is 1. The van der Waals surface area contributed by atoms with Crippen LogP contribution in [0.25, 0.3) is 5.52 Å². The Balaban J connectivity index is 2.17. The van der Waals surface area contributed by atoms with Crippen molar-refractivity contribution in [3.05, 3.63) is 24.2 Å². The third-order valence-corrected chi connectivity index (χ3v) is 4.74. The molecule has 4 unspecified atom stereocenters. The van der Waals surface area contributed by atoms with E-state index >= 15 is 0 Å². The van der Waals surface area contributed by atoms with Crippen LogP contribution < -0.4 is 5.32 Å². The lowest BCUT2D eigenvalue weighted by Crippen LogP contribution is -2.45. The van der Waals surface area contributed by atoms with Crippen molar-refractivity contribution < 1.29 is 38.1 Å². The molecule has 2 aromatic heterocycles. The summed E-state index contributed by atoms with van der Waals surface area (Å²) in [6, 6.07) is 5.02. The van der Waals surface area contributed by atoms with E-state index in [-0.39, 0.29) is 24.0 Å². The van der Waals surface area contributed by atoms with Crippen molar-refractivity contribution in [2.24, 2.45) is 0 Å². The average molecular weight is 459 g/mol. The van der Waals surface area contributed by atoms with Crippen LogP contribution in [0, 0.1) is 11.3 Å². The number of amides is 1. The molecule has 4 atom stereocenters. The number of nitrogens with zero attached hydrogens (tertiary/aromatic N) is 4. The van der Waals surface area contributed by atoms with E-state index in [1.807, 2.05) is 6.07 Å². The molecule has 0 saturated carbocycles. The lowest BCUT2D eigenvalue weighted by Gasteiger charge is -2.28. The molecule has 13 nitrogen and oxygen atoms in total. The summed E-state index contributed by atoms with van der Waals surface area (Å²) >= 11 is 0. The predicted molar refractivity (Wildman–Crippen MR) is 107 cm³/mol. The highest BCUT2D eigenvalue weighted by Crippen LogP contribution is 2.43. The molecule has 1 N–H and O–H groups in total. The van der Waals surface area contributed by atoms with Crippen molar-refractivity contribution in [2.75, 3.05) is 11.9 Å². The monoisotopic (exact) mass is 459 g/mol. The molecule has 174 valence electrons. The Hall–Kier alpha value is -4.05. The van der Waals surface area contributed by atoms with Gasteiger partial charge >= 0.3 is 17.9 Å². The van der Waals surface area contributed by atoms with Gasteiger partial charge in [0, 0.05) is 27.7 Å². The van der Waals surface area contributed by atoms with Gasteiger partial charge in [-0.1, -0.05) is 0 Å². The summed E-state index contributed by atoms with van der Waals surface area (Å²) in [6.45, 7) is 4.38. The number of carbonyl (C=O) groups is 4. The van der Waals surface area contributed by atoms with Crippen molar-refractivity contribution in [3.8, 4) is 6.07 Å². The van der Waals surface area contributed by atoms with Crippen LogP contribution in [0.15, 0.2) is 18.5 Å². The van der Waals surface area contributed by atoms with Crippen LogP contribution in [-0.2, 0) is 43.7 Å². The van der Waals surface area contributed by atoms with Gasteiger partial charge in [0.2, 0.25) is 11.5 Å². The van der Waals surface area contributed by atoms with Crippen molar-refractivity contribution in [1.29, 1.82) is 5.26 Å². The molecular formula is C20H21N5O8. The van der Waals surface area contributed by atoms with E-state index in [1.165, 1.54) is 30.5 Å². The molecule has 1 aliphatic heterocycles. The number of nitriles is 1. The quantitative estimate of drug-likeness (QED) is 0.463. The zero-order valence-electron chi connectivity index (χ0n) is 18.2. The molecule has 0 aromatic carbocycles. The van der Waals surface area contributed by atoms with Gasteiger partial charge in [-0.2, -0.15) is 10.4 Å². The number of carbonyl (C=O) groups excluding carboxylic acids is 4. The normalized spacial score (nSPS) is 24.0. The number of hydrogen-bond donors (Lipinski definition) is 1. The van der Waals surface area contributed by atoms with Crippen LogP contribution in [-0.4, -0.2) is 63.3 Å². The first-order chi connectivity index (χ1) is 15.6. The highest BCUT2D eigenvalue weighted by atomic mass is 16.7. The van der Waals surface area contributed by atoms with Gasteiger partial charge in [-0.3, -0.25) is 19.2 Å². The van der Waals surface area contributed by atoms with Gasteiger partial charge in [-0.15, -0.1) is 0 Å². The second-order valence-corrected chi connectivity index (χ2v) is 7.22. The molecule has 1 aliphatic rings. The lowest BCUT2D eigenvalue weighted by atomic mass is 9.92. The minimum absolute atomic E-state index is 0.114. The minimum atomic E-state index is -2.01. The molecule has 3 heterocycles. The maximum atomic E-state index is 11.9. The summed E-state index contributed by atoms with van der Waals surface area (Å²) in [6.07, 6.45) is -2.68.